The molecule has 0 saturated carbocycles. The Hall–Kier alpha value is -1.75. The van der Waals surface area contributed by atoms with E-state index in [0.717, 1.165) is 12.5 Å². The van der Waals surface area contributed by atoms with Crippen molar-refractivity contribution in [1.82, 2.24) is 4.90 Å². The Morgan fingerprint density at radius 3 is 2.76 bits per heavy atom. The molecule has 0 bridgehead atoms. The average Bonchev–Trinajstić information content (AvgIpc) is 2.88. The van der Waals surface area contributed by atoms with Crippen molar-refractivity contribution < 1.29 is 18.7 Å². The first-order valence-electron chi connectivity index (χ1n) is 6.99. The number of rotatable bonds is 3. The number of hydrogen-bond donors (Lipinski definition) is 1. The van der Waals surface area contributed by atoms with Gasteiger partial charge in [0.15, 0.2) is 0 Å². The van der Waals surface area contributed by atoms with E-state index in [2.05, 4.69) is 0 Å². The summed E-state index contributed by atoms with van der Waals surface area (Å²) in [5, 5.41) is 9.54. The van der Waals surface area contributed by atoms with Crippen LogP contribution in [-0.4, -0.2) is 35.1 Å². The second kappa shape index (κ2) is 6.35. The predicted molar refractivity (Wildman–Crippen MR) is 76.4 cm³/mol. The summed E-state index contributed by atoms with van der Waals surface area (Å²) in [4.78, 5) is 13.8. The Balaban J connectivity index is 2.10. The third-order valence-corrected chi connectivity index (χ3v) is 3.91. The van der Waals surface area contributed by atoms with Gasteiger partial charge >= 0.3 is 0 Å². The molecule has 2 atom stereocenters. The zero-order valence-electron chi connectivity index (χ0n) is 12.1. The number of hydrogen-bond acceptors (Lipinski definition) is 2. The number of halogens is 2. The third kappa shape index (κ3) is 3.67. The van der Waals surface area contributed by atoms with E-state index in [0.29, 0.717) is 18.7 Å². The molecule has 1 aromatic rings. The van der Waals surface area contributed by atoms with Gasteiger partial charge in [0.2, 0.25) is 5.91 Å². The number of amides is 1. The first-order chi connectivity index (χ1) is 9.88. The molecule has 1 aliphatic heterocycles. The number of likely N-dealkylation sites (tertiary alicyclic amines) is 1. The van der Waals surface area contributed by atoms with Crippen molar-refractivity contribution in [2.75, 3.05) is 13.1 Å². The highest BCUT2D eigenvalue weighted by Gasteiger charge is 2.28. The fourth-order valence-electron chi connectivity index (χ4n) is 2.54. The fraction of sp³-hybridized carbons (Fsp3) is 0.438. The summed E-state index contributed by atoms with van der Waals surface area (Å²) in [6, 6.07) is 3.29. The van der Waals surface area contributed by atoms with Crippen molar-refractivity contribution in [1.29, 1.82) is 0 Å². The summed E-state index contributed by atoms with van der Waals surface area (Å²) in [5.74, 6) is -1.45. The molecule has 114 valence electrons. The van der Waals surface area contributed by atoms with Gasteiger partial charge in [-0.25, -0.2) is 8.78 Å². The molecule has 3 nitrogen and oxygen atoms in total. The standard InChI is InChI=1S/C16H19F2NO2/c1-10(14-4-3-13(17)8-15(14)18)7-16(21)19-6-5-12(9-19)11(2)20/h3-4,7-8,11-12,20H,5-6,9H2,1-2H3/b10-7-. The number of aliphatic hydroxyl groups is 1. The molecule has 0 radical (unpaired) electrons. The van der Waals surface area contributed by atoms with E-state index in [-0.39, 0.29) is 17.4 Å². The number of carbonyl (C=O) groups excluding carboxylic acids is 1. The molecule has 1 heterocycles. The van der Waals surface area contributed by atoms with Crippen molar-refractivity contribution in [2.24, 2.45) is 5.92 Å². The van der Waals surface area contributed by atoms with Crippen molar-refractivity contribution in [2.45, 2.75) is 26.4 Å². The average molecular weight is 295 g/mol. The van der Waals surface area contributed by atoms with E-state index in [1.165, 1.54) is 18.2 Å². The van der Waals surface area contributed by atoms with Crippen LogP contribution in [0.1, 0.15) is 25.8 Å². The van der Waals surface area contributed by atoms with E-state index < -0.39 is 17.7 Å². The van der Waals surface area contributed by atoms with E-state index in [9.17, 15) is 18.7 Å². The molecule has 1 saturated heterocycles. The lowest BCUT2D eigenvalue weighted by molar-refractivity contribution is -0.125. The quantitative estimate of drug-likeness (QED) is 0.871. The molecule has 5 heteroatoms. The molecule has 2 unspecified atom stereocenters. The van der Waals surface area contributed by atoms with Gasteiger partial charge in [0.25, 0.3) is 0 Å². The van der Waals surface area contributed by atoms with Gasteiger partial charge in [-0.05, 0) is 38.0 Å². The third-order valence-electron chi connectivity index (χ3n) is 3.91. The minimum Gasteiger partial charge on any atom is -0.393 e. The van der Waals surface area contributed by atoms with E-state index >= 15 is 0 Å². The van der Waals surface area contributed by atoms with Gasteiger partial charge in [-0.2, -0.15) is 0 Å². The summed E-state index contributed by atoms with van der Waals surface area (Å²) in [7, 11) is 0. The van der Waals surface area contributed by atoms with Gasteiger partial charge < -0.3 is 10.0 Å². The van der Waals surface area contributed by atoms with Gasteiger partial charge in [-0.15, -0.1) is 0 Å². The second-order valence-corrected chi connectivity index (χ2v) is 5.53. The molecule has 1 fully saturated rings. The van der Waals surface area contributed by atoms with Crippen LogP contribution in [0.4, 0.5) is 8.78 Å². The summed E-state index contributed by atoms with van der Waals surface area (Å²) < 4.78 is 26.5. The molecule has 0 spiro atoms. The first kappa shape index (κ1) is 15.6. The Labute approximate surface area is 122 Å². The summed E-state index contributed by atoms with van der Waals surface area (Å²) in [6.45, 7) is 4.43. The molecule has 21 heavy (non-hydrogen) atoms. The molecule has 0 aromatic heterocycles. The fourth-order valence-corrected chi connectivity index (χ4v) is 2.54. The highest BCUT2D eigenvalue weighted by molar-refractivity contribution is 5.95. The number of allylic oxidation sites excluding steroid dienone is 1. The summed E-state index contributed by atoms with van der Waals surface area (Å²) in [5.41, 5.74) is 0.675. The summed E-state index contributed by atoms with van der Waals surface area (Å²) in [6.07, 6.45) is 1.68. The van der Waals surface area contributed by atoms with Crippen molar-refractivity contribution in [3.63, 3.8) is 0 Å². The lowest BCUT2D eigenvalue weighted by Crippen LogP contribution is -2.29. The molecular formula is C16H19F2NO2. The number of nitrogens with zero attached hydrogens (tertiary/aromatic N) is 1. The second-order valence-electron chi connectivity index (χ2n) is 5.53. The number of benzene rings is 1. The monoisotopic (exact) mass is 295 g/mol. The maximum absolute atomic E-state index is 13.7. The first-order valence-corrected chi connectivity index (χ1v) is 6.99. The highest BCUT2D eigenvalue weighted by atomic mass is 19.1. The Bertz CT molecular complexity index is 569. The van der Waals surface area contributed by atoms with Crippen LogP contribution in [0.15, 0.2) is 24.3 Å². The van der Waals surface area contributed by atoms with Crippen LogP contribution in [0, 0.1) is 17.6 Å². The number of aliphatic hydroxyl groups excluding tert-OH is 1. The van der Waals surface area contributed by atoms with Crippen molar-refractivity contribution >= 4 is 11.5 Å². The lowest BCUT2D eigenvalue weighted by Gasteiger charge is -2.16. The van der Waals surface area contributed by atoms with Crippen molar-refractivity contribution in [3.05, 3.63) is 41.5 Å². The van der Waals surface area contributed by atoms with E-state index in [1.807, 2.05) is 0 Å². The zero-order valence-corrected chi connectivity index (χ0v) is 12.1. The van der Waals surface area contributed by atoms with Crippen molar-refractivity contribution in [3.8, 4) is 0 Å². The normalized spacial score (nSPS) is 20.7. The van der Waals surface area contributed by atoms with Crippen LogP contribution in [0.3, 0.4) is 0 Å². The smallest absolute Gasteiger partial charge is 0.246 e. The van der Waals surface area contributed by atoms with Gasteiger partial charge in [-0.1, -0.05) is 0 Å². The molecule has 2 rings (SSSR count). The Morgan fingerprint density at radius 2 is 2.19 bits per heavy atom. The Kier molecular flexibility index (Phi) is 4.73. The minimum atomic E-state index is -0.681. The number of carbonyl (C=O) groups is 1. The maximum Gasteiger partial charge on any atom is 0.246 e. The molecule has 1 aliphatic rings. The lowest BCUT2D eigenvalue weighted by atomic mass is 10.0. The highest BCUT2D eigenvalue weighted by Crippen LogP contribution is 2.22. The maximum atomic E-state index is 13.7. The molecule has 0 aliphatic carbocycles. The van der Waals surface area contributed by atoms with Gasteiger partial charge in [0.1, 0.15) is 11.6 Å². The molecular weight excluding hydrogens is 276 g/mol. The van der Waals surface area contributed by atoms with Crippen LogP contribution in [0.5, 0.6) is 0 Å². The Morgan fingerprint density at radius 1 is 1.48 bits per heavy atom. The molecule has 1 aromatic carbocycles. The van der Waals surface area contributed by atoms with E-state index in [4.69, 9.17) is 0 Å². The topological polar surface area (TPSA) is 40.5 Å². The van der Waals surface area contributed by atoms with Crippen LogP contribution < -0.4 is 0 Å². The predicted octanol–water partition coefficient (Wildman–Crippen LogP) is 2.60. The SMILES string of the molecule is C/C(=C/C(=O)N1CCC(C(C)O)C1)c1ccc(F)cc1F. The minimum absolute atomic E-state index is 0.0882. The largest absolute Gasteiger partial charge is 0.393 e. The van der Waals surface area contributed by atoms with Crippen LogP contribution in [0.25, 0.3) is 5.57 Å². The van der Waals surface area contributed by atoms with Gasteiger partial charge in [0, 0.05) is 36.7 Å². The van der Waals surface area contributed by atoms with E-state index in [1.54, 1.807) is 18.7 Å². The van der Waals surface area contributed by atoms with Gasteiger partial charge in [-0.3, -0.25) is 4.79 Å². The zero-order chi connectivity index (χ0) is 15.6. The summed E-state index contributed by atoms with van der Waals surface area (Å²) >= 11 is 0. The van der Waals surface area contributed by atoms with Crippen LogP contribution >= 0.6 is 0 Å². The van der Waals surface area contributed by atoms with Gasteiger partial charge in [0.05, 0.1) is 6.10 Å². The molecule has 1 amide bonds. The van der Waals surface area contributed by atoms with Crippen LogP contribution in [0.2, 0.25) is 0 Å². The molecule has 1 N–H and O–H groups in total. The van der Waals surface area contributed by atoms with Crippen LogP contribution in [-0.2, 0) is 4.79 Å².